The average Bonchev–Trinajstić information content (AvgIpc) is 2.60. The van der Waals surface area contributed by atoms with Gasteiger partial charge in [0.25, 0.3) is 0 Å². The van der Waals surface area contributed by atoms with Crippen molar-refractivity contribution in [3.8, 4) is 11.5 Å². The summed E-state index contributed by atoms with van der Waals surface area (Å²) in [7, 11) is 3.01. The molecule has 0 aliphatic carbocycles. The van der Waals surface area contributed by atoms with E-state index < -0.39 is 0 Å². The molecule has 4 nitrogen and oxygen atoms in total. The van der Waals surface area contributed by atoms with E-state index in [1.807, 2.05) is 24.3 Å². The van der Waals surface area contributed by atoms with E-state index in [1.54, 1.807) is 19.2 Å². The van der Waals surface area contributed by atoms with Crippen LogP contribution in [-0.2, 0) is 17.8 Å². The van der Waals surface area contributed by atoms with Gasteiger partial charge < -0.3 is 14.2 Å². The lowest BCUT2D eigenvalue weighted by molar-refractivity contribution is 0.0600. The van der Waals surface area contributed by atoms with Crippen molar-refractivity contribution in [1.29, 1.82) is 0 Å². The molecule has 0 saturated heterocycles. The maximum Gasteiger partial charge on any atom is 0.337 e. The molecule has 0 unspecified atom stereocenters. The number of methoxy groups -OCH3 is 2. The van der Waals surface area contributed by atoms with Gasteiger partial charge in [-0.2, -0.15) is 0 Å². The van der Waals surface area contributed by atoms with Gasteiger partial charge in [0.2, 0.25) is 0 Å². The first-order valence-corrected chi connectivity index (χ1v) is 7.65. The third-order valence-corrected chi connectivity index (χ3v) is 3.54. The van der Waals surface area contributed by atoms with Gasteiger partial charge in [-0.25, -0.2) is 4.79 Å². The van der Waals surface area contributed by atoms with Crippen molar-refractivity contribution in [2.45, 2.75) is 26.4 Å². The highest BCUT2D eigenvalue weighted by atomic mass is 16.5. The zero-order valence-electron chi connectivity index (χ0n) is 13.8. The Labute approximate surface area is 137 Å². The molecule has 0 spiro atoms. The van der Waals surface area contributed by atoms with E-state index >= 15 is 0 Å². The number of ether oxygens (including phenoxy) is 3. The monoisotopic (exact) mass is 314 g/mol. The Bertz CT molecular complexity index is 647. The average molecular weight is 314 g/mol. The normalized spacial score (nSPS) is 10.2. The molecule has 0 aliphatic rings. The molecule has 2 aromatic rings. The Morgan fingerprint density at radius 2 is 1.65 bits per heavy atom. The quantitative estimate of drug-likeness (QED) is 0.724. The molecular weight excluding hydrogens is 292 g/mol. The highest BCUT2D eigenvalue weighted by Gasteiger charge is 2.07. The molecule has 0 bridgehead atoms. The topological polar surface area (TPSA) is 44.8 Å². The molecule has 23 heavy (non-hydrogen) atoms. The SMILES string of the molecule is CCCc1ccc(OCc2ccc(C(=O)OC)cc2)c(OC)c1. The number of carbonyl (C=O) groups is 1. The predicted octanol–water partition coefficient (Wildman–Crippen LogP) is 4.01. The van der Waals surface area contributed by atoms with Gasteiger partial charge in [0, 0.05) is 0 Å². The second kappa shape index (κ2) is 8.22. The summed E-state index contributed by atoms with van der Waals surface area (Å²) in [5.74, 6) is 1.11. The van der Waals surface area contributed by atoms with Crippen LogP contribution >= 0.6 is 0 Å². The second-order valence-corrected chi connectivity index (χ2v) is 5.21. The number of esters is 1. The summed E-state index contributed by atoms with van der Waals surface area (Å²) in [5, 5.41) is 0. The molecule has 0 fully saturated rings. The number of carbonyl (C=O) groups excluding carboxylic acids is 1. The van der Waals surface area contributed by atoms with Crippen molar-refractivity contribution in [1.82, 2.24) is 0 Å². The fourth-order valence-electron chi connectivity index (χ4n) is 2.29. The third-order valence-electron chi connectivity index (χ3n) is 3.54. The summed E-state index contributed by atoms with van der Waals surface area (Å²) in [5.41, 5.74) is 2.73. The highest BCUT2D eigenvalue weighted by molar-refractivity contribution is 5.89. The maximum absolute atomic E-state index is 11.4. The van der Waals surface area contributed by atoms with Crippen LogP contribution in [0, 0.1) is 0 Å². The molecule has 2 aromatic carbocycles. The van der Waals surface area contributed by atoms with Crippen LogP contribution in [0.1, 0.15) is 34.8 Å². The molecule has 0 aliphatic heterocycles. The largest absolute Gasteiger partial charge is 0.493 e. The first-order chi connectivity index (χ1) is 11.2. The van der Waals surface area contributed by atoms with Crippen LogP contribution in [-0.4, -0.2) is 20.2 Å². The molecule has 0 N–H and O–H groups in total. The highest BCUT2D eigenvalue weighted by Crippen LogP contribution is 2.29. The van der Waals surface area contributed by atoms with Gasteiger partial charge in [0.15, 0.2) is 11.5 Å². The summed E-state index contributed by atoms with van der Waals surface area (Å²) < 4.78 is 15.9. The van der Waals surface area contributed by atoms with Crippen molar-refractivity contribution in [3.05, 3.63) is 59.2 Å². The lowest BCUT2D eigenvalue weighted by Gasteiger charge is -2.12. The number of benzene rings is 2. The second-order valence-electron chi connectivity index (χ2n) is 5.21. The molecule has 0 aromatic heterocycles. The summed E-state index contributed by atoms with van der Waals surface area (Å²) >= 11 is 0. The van der Waals surface area contributed by atoms with Gasteiger partial charge in [0.05, 0.1) is 19.8 Å². The lowest BCUT2D eigenvalue weighted by Crippen LogP contribution is -2.02. The molecule has 0 radical (unpaired) electrons. The Kier molecular flexibility index (Phi) is 6.03. The van der Waals surface area contributed by atoms with Crippen LogP contribution < -0.4 is 9.47 Å². The minimum Gasteiger partial charge on any atom is -0.493 e. The molecule has 122 valence electrons. The summed E-state index contributed by atoms with van der Waals surface area (Å²) in [4.78, 5) is 11.4. The van der Waals surface area contributed by atoms with Crippen LogP contribution in [0.25, 0.3) is 0 Å². The van der Waals surface area contributed by atoms with Gasteiger partial charge in [-0.1, -0.05) is 31.5 Å². The molecule has 0 atom stereocenters. The summed E-state index contributed by atoms with van der Waals surface area (Å²) in [6.07, 6.45) is 2.11. The standard InChI is InChI=1S/C19H22O4/c1-4-5-14-8-11-17(18(12-14)21-2)23-13-15-6-9-16(10-7-15)19(20)22-3/h6-12H,4-5,13H2,1-3H3. The van der Waals surface area contributed by atoms with E-state index in [0.29, 0.717) is 17.9 Å². The Hall–Kier alpha value is -2.49. The minimum atomic E-state index is -0.342. The van der Waals surface area contributed by atoms with Crippen LogP contribution in [0.5, 0.6) is 11.5 Å². The number of rotatable bonds is 7. The van der Waals surface area contributed by atoms with E-state index in [-0.39, 0.29) is 5.97 Å². The number of hydrogen-bond donors (Lipinski definition) is 0. The van der Waals surface area contributed by atoms with Crippen LogP contribution in [0.3, 0.4) is 0 Å². The fourth-order valence-corrected chi connectivity index (χ4v) is 2.29. The summed E-state index contributed by atoms with van der Waals surface area (Å²) in [6.45, 7) is 2.56. The fraction of sp³-hybridized carbons (Fsp3) is 0.316. The molecule has 0 amide bonds. The first-order valence-electron chi connectivity index (χ1n) is 7.65. The first kappa shape index (κ1) is 16.9. The van der Waals surface area contributed by atoms with E-state index in [9.17, 15) is 4.79 Å². The van der Waals surface area contributed by atoms with E-state index in [4.69, 9.17) is 9.47 Å². The Morgan fingerprint density at radius 1 is 0.957 bits per heavy atom. The van der Waals surface area contributed by atoms with Crippen LogP contribution in [0.2, 0.25) is 0 Å². The van der Waals surface area contributed by atoms with E-state index in [1.165, 1.54) is 12.7 Å². The smallest absolute Gasteiger partial charge is 0.337 e. The Morgan fingerprint density at radius 3 is 2.26 bits per heavy atom. The van der Waals surface area contributed by atoms with Crippen molar-refractivity contribution in [2.75, 3.05) is 14.2 Å². The van der Waals surface area contributed by atoms with Gasteiger partial charge >= 0.3 is 5.97 Å². The minimum absolute atomic E-state index is 0.342. The number of hydrogen-bond acceptors (Lipinski definition) is 4. The summed E-state index contributed by atoms with van der Waals surface area (Å²) in [6, 6.07) is 13.2. The zero-order chi connectivity index (χ0) is 16.7. The van der Waals surface area contributed by atoms with Crippen molar-refractivity contribution in [3.63, 3.8) is 0 Å². The maximum atomic E-state index is 11.4. The van der Waals surface area contributed by atoms with Crippen molar-refractivity contribution in [2.24, 2.45) is 0 Å². The van der Waals surface area contributed by atoms with Crippen LogP contribution in [0.15, 0.2) is 42.5 Å². The molecule has 2 rings (SSSR count). The molecular formula is C19H22O4. The van der Waals surface area contributed by atoms with Gasteiger partial charge in [0.1, 0.15) is 6.61 Å². The van der Waals surface area contributed by atoms with Crippen molar-refractivity contribution >= 4 is 5.97 Å². The van der Waals surface area contributed by atoms with Crippen molar-refractivity contribution < 1.29 is 19.0 Å². The van der Waals surface area contributed by atoms with Gasteiger partial charge in [-0.3, -0.25) is 0 Å². The lowest BCUT2D eigenvalue weighted by atomic mass is 10.1. The van der Waals surface area contributed by atoms with E-state index in [0.717, 1.165) is 24.2 Å². The van der Waals surface area contributed by atoms with Crippen LogP contribution in [0.4, 0.5) is 0 Å². The van der Waals surface area contributed by atoms with Gasteiger partial charge in [-0.05, 0) is 41.8 Å². The Balaban J connectivity index is 2.04. The molecule has 4 heteroatoms. The predicted molar refractivity (Wildman–Crippen MR) is 89.1 cm³/mol. The zero-order valence-corrected chi connectivity index (χ0v) is 13.8. The molecule has 0 saturated carbocycles. The third kappa shape index (κ3) is 4.49. The number of aryl methyl sites for hydroxylation is 1. The van der Waals surface area contributed by atoms with E-state index in [2.05, 4.69) is 17.7 Å². The van der Waals surface area contributed by atoms with Gasteiger partial charge in [-0.15, -0.1) is 0 Å². The molecule has 0 heterocycles.